The smallest absolute Gasteiger partial charge is 0.338 e. The number of hydrogen-bond acceptors (Lipinski definition) is 4. The van der Waals surface area contributed by atoms with Crippen LogP contribution in [-0.2, 0) is 9.47 Å². The van der Waals surface area contributed by atoms with Crippen molar-refractivity contribution in [3.8, 4) is 0 Å². The summed E-state index contributed by atoms with van der Waals surface area (Å²) in [5, 5.41) is 0. The second kappa shape index (κ2) is 10.4. The highest BCUT2D eigenvalue weighted by Gasteiger charge is 2.47. The van der Waals surface area contributed by atoms with Crippen molar-refractivity contribution in [1.82, 2.24) is 0 Å². The first-order valence-electron chi connectivity index (χ1n) is 11.1. The molecule has 0 spiro atoms. The third-order valence-corrected chi connectivity index (χ3v) is 7.43. The van der Waals surface area contributed by atoms with E-state index in [-0.39, 0.29) is 37.5 Å². The number of benzene rings is 2. The van der Waals surface area contributed by atoms with Crippen molar-refractivity contribution < 1.29 is 36.6 Å². The first kappa shape index (κ1) is 27.4. The number of carbonyl (C=O) groups is 2. The first-order chi connectivity index (χ1) is 16.3. The molecule has 0 amide bonds. The molecule has 0 heterocycles. The van der Waals surface area contributed by atoms with Gasteiger partial charge in [-0.15, -0.1) is 0 Å². The molecule has 0 aromatic heterocycles. The maximum atomic E-state index is 12.9. The SMILES string of the molecule is COC(=O)c1cc(I)c(C2CC(F)(F)C2)cc1C.COC(=O)c1ccc(C2CC(F)(F)C2)cc1C. The summed E-state index contributed by atoms with van der Waals surface area (Å²) >= 11 is 2.08. The molecule has 0 unspecified atom stereocenters. The van der Waals surface area contributed by atoms with Gasteiger partial charge in [-0.1, -0.05) is 18.2 Å². The topological polar surface area (TPSA) is 52.6 Å². The summed E-state index contributed by atoms with van der Waals surface area (Å²) < 4.78 is 61.5. The average Bonchev–Trinajstić information content (AvgIpc) is 2.76. The van der Waals surface area contributed by atoms with E-state index >= 15 is 0 Å². The van der Waals surface area contributed by atoms with E-state index in [2.05, 4.69) is 32.1 Å². The zero-order valence-corrected chi connectivity index (χ0v) is 22.1. The van der Waals surface area contributed by atoms with E-state index in [4.69, 9.17) is 0 Å². The highest BCUT2D eigenvalue weighted by atomic mass is 127. The van der Waals surface area contributed by atoms with E-state index in [1.807, 2.05) is 6.07 Å². The number of esters is 2. The molecular formula is C26H27F4IO4. The van der Waals surface area contributed by atoms with E-state index in [0.717, 1.165) is 25.8 Å². The highest BCUT2D eigenvalue weighted by Crippen LogP contribution is 2.50. The maximum Gasteiger partial charge on any atom is 0.338 e. The van der Waals surface area contributed by atoms with Crippen LogP contribution in [0.2, 0.25) is 0 Å². The van der Waals surface area contributed by atoms with Gasteiger partial charge in [0, 0.05) is 29.3 Å². The van der Waals surface area contributed by atoms with Crippen molar-refractivity contribution in [2.45, 2.75) is 63.2 Å². The van der Waals surface area contributed by atoms with Gasteiger partial charge in [-0.05, 0) is 82.7 Å². The lowest BCUT2D eigenvalue weighted by atomic mass is 9.76. The van der Waals surface area contributed by atoms with Crippen molar-refractivity contribution >= 4 is 34.5 Å². The summed E-state index contributed by atoms with van der Waals surface area (Å²) in [5.41, 5.74) is 4.31. The molecule has 0 bridgehead atoms. The van der Waals surface area contributed by atoms with Gasteiger partial charge in [0.2, 0.25) is 11.8 Å². The Morgan fingerprint density at radius 1 is 0.800 bits per heavy atom. The molecule has 0 aliphatic heterocycles. The molecular weight excluding hydrogens is 579 g/mol. The van der Waals surface area contributed by atoms with Gasteiger partial charge < -0.3 is 9.47 Å². The fraction of sp³-hybridized carbons (Fsp3) is 0.462. The summed E-state index contributed by atoms with van der Waals surface area (Å²) in [7, 11) is 2.65. The van der Waals surface area contributed by atoms with E-state index in [0.29, 0.717) is 11.1 Å². The van der Waals surface area contributed by atoms with Gasteiger partial charge in [-0.2, -0.15) is 0 Å². The highest BCUT2D eigenvalue weighted by molar-refractivity contribution is 14.1. The Hall–Kier alpha value is -2.17. The van der Waals surface area contributed by atoms with Gasteiger partial charge in [0.1, 0.15) is 0 Å². The monoisotopic (exact) mass is 606 g/mol. The molecule has 9 heteroatoms. The third kappa shape index (κ3) is 6.34. The van der Waals surface area contributed by atoms with Crippen LogP contribution in [0, 0.1) is 17.4 Å². The summed E-state index contributed by atoms with van der Waals surface area (Å²) in [6.45, 7) is 3.58. The van der Waals surface area contributed by atoms with Gasteiger partial charge in [0.15, 0.2) is 0 Å². The lowest BCUT2D eigenvalue weighted by Crippen LogP contribution is -2.34. The standard InChI is InChI=1S/C13H13F2IO2.C13H14F2O2/c1-7-3-10(8-5-13(14,15)6-8)11(16)4-9(7)12(17)18-2;1-8-5-9(10-6-13(14,15)7-10)3-4-11(8)12(16)17-2/h3-4,8H,5-6H2,1-2H3;3-5,10H,6-7H2,1-2H3. The minimum absolute atomic E-state index is 0.0876. The predicted molar refractivity (Wildman–Crippen MR) is 132 cm³/mol. The van der Waals surface area contributed by atoms with Crippen LogP contribution >= 0.6 is 22.6 Å². The van der Waals surface area contributed by atoms with Crippen LogP contribution in [0.5, 0.6) is 0 Å². The van der Waals surface area contributed by atoms with E-state index in [1.165, 1.54) is 14.2 Å². The van der Waals surface area contributed by atoms with Crippen LogP contribution in [-0.4, -0.2) is 38.0 Å². The fourth-order valence-electron chi connectivity index (χ4n) is 4.40. The number of aryl methyl sites for hydroxylation is 2. The van der Waals surface area contributed by atoms with E-state index < -0.39 is 23.8 Å². The van der Waals surface area contributed by atoms with Crippen LogP contribution < -0.4 is 0 Å². The van der Waals surface area contributed by atoms with Crippen molar-refractivity contribution in [2.24, 2.45) is 0 Å². The number of rotatable bonds is 4. The molecule has 0 N–H and O–H groups in total. The Balaban J connectivity index is 0.000000196. The normalized spacial score (nSPS) is 18.4. The van der Waals surface area contributed by atoms with Crippen LogP contribution in [0.3, 0.4) is 0 Å². The predicted octanol–water partition coefficient (Wildman–Crippen LogP) is 7.19. The summed E-state index contributed by atoms with van der Waals surface area (Å²) in [4.78, 5) is 22.9. The molecule has 4 nitrogen and oxygen atoms in total. The van der Waals surface area contributed by atoms with E-state index in [9.17, 15) is 27.2 Å². The summed E-state index contributed by atoms with van der Waals surface area (Å²) in [5.74, 6) is -6.01. The van der Waals surface area contributed by atoms with Crippen molar-refractivity contribution in [1.29, 1.82) is 0 Å². The Labute approximate surface area is 215 Å². The first-order valence-corrected chi connectivity index (χ1v) is 12.2. The molecule has 4 rings (SSSR count). The second-order valence-electron chi connectivity index (χ2n) is 9.17. The Morgan fingerprint density at radius 3 is 1.77 bits per heavy atom. The molecule has 0 saturated heterocycles. The second-order valence-corrected chi connectivity index (χ2v) is 10.3. The van der Waals surface area contributed by atoms with Gasteiger partial charge in [-0.3, -0.25) is 0 Å². The van der Waals surface area contributed by atoms with Crippen molar-refractivity contribution in [3.63, 3.8) is 0 Å². The zero-order chi connectivity index (χ0) is 26.1. The molecule has 2 aromatic carbocycles. The van der Waals surface area contributed by atoms with Crippen LogP contribution in [0.25, 0.3) is 0 Å². The molecule has 2 aromatic rings. The number of halogens is 5. The van der Waals surface area contributed by atoms with Gasteiger partial charge in [0.05, 0.1) is 25.3 Å². The largest absolute Gasteiger partial charge is 0.465 e. The number of hydrogen-bond donors (Lipinski definition) is 0. The molecule has 2 aliphatic rings. The summed E-state index contributed by atoms with van der Waals surface area (Å²) in [6.07, 6.45) is -0.381. The molecule has 190 valence electrons. The van der Waals surface area contributed by atoms with Crippen LogP contribution in [0.4, 0.5) is 17.6 Å². The minimum Gasteiger partial charge on any atom is -0.465 e. The molecule has 35 heavy (non-hydrogen) atoms. The lowest BCUT2D eigenvalue weighted by molar-refractivity contribution is -0.0874. The summed E-state index contributed by atoms with van der Waals surface area (Å²) in [6, 6.07) is 8.72. The Bertz CT molecular complexity index is 1120. The van der Waals surface area contributed by atoms with Crippen molar-refractivity contribution in [2.75, 3.05) is 14.2 Å². The van der Waals surface area contributed by atoms with Gasteiger partial charge in [0.25, 0.3) is 0 Å². The Kier molecular flexibility index (Phi) is 8.18. The Morgan fingerprint density at radius 2 is 1.29 bits per heavy atom. The molecule has 0 radical (unpaired) electrons. The average molecular weight is 606 g/mol. The number of methoxy groups -OCH3 is 2. The molecule has 2 fully saturated rings. The van der Waals surface area contributed by atoms with Crippen LogP contribution in [0.15, 0.2) is 30.3 Å². The molecule has 0 atom stereocenters. The molecule has 2 aliphatic carbocycles. The maximum absolute atomic E-state index is 12.9. The van der Waals surface area contributed by atoms with E-state index in [1.54, 1.807) is 38.1 Å². The number of carbonyl (C=O) groups excluding carboxylic acids is 2. The number of alkyl halides is 4. The zero-order valence-electron chi connectivity index (χ0n) is 19.9. The van der Waals surface area contributed by atoms with Crippen LogP contribution in [0.1, 0.15) is 80.5 Å². The third-order valence-electron chi connectivity index (χ3n) is 6.50. The van der Waals surface area contributed by atoms with Gasteiger partial charge >= 0.3 is 11.9 Å². The molecule has 2 saturated carbocycles. The number of ether oxygens (including phenoxy) is 2. The minimum atomic E-state index is -2.53. The fourth-order valence-corrected chi connectivity index (χ4v) is 5.31. The lowest BCUT2D eigenvalue weighted by Gasteiger charge is -2.36. The van der Waals surface area contributed by atoms with Crippen molar-refractivity contribution in [3.05, 3.63) is 67.3 Å². The van der Waals surface area contributed by atoms with Gasteiger partial charge in [-0.25, -0.2) is 27.2 Å². The quantitative estimate of drug-likeness (QED) is 0.210.